The van der Waals surface area contributed by atoms with Gasteiger partial charge < -0.3 is 5.32 Å². The van der Waals surface area contributed by atoms with Crippen LogP contribution in [0.25, 0.3) is 10.9 Å². The van der Waals surface area contributed by atoms with E-state index in [0.29, 0.717) is 27.6 Å². The Hall–Kier alpha value is -2.31. The third kappa shape index (κ3) is 4.75. The minimum atomic E-state index is -0.143. The summed E-state index contributed by atoms with van der Waals surface area (Å²) in [4.78, 5) is 29.9. The van der Waals surface area contributed by atoms with Crippen molar-refractivity contribution in [3.05, 3.63) is 69.5 Å². The Kier molecular flexibility index (Phi) is 6.75. The molecule has 3 rings (SSSR count). The van der Waals surface area contributed by atoms with E-state index in [0.717, 1.165) is 12.0 Å². The lowest BCUT2D eigenvalue weighted by atomic mass is 10.2. The Morgan fingerprint density at radius 3 is 2.68 bits per heavy atom. The Morgan fingerprint density at radius 2 is 1.93 bits per heavy atom. The molecule has 0 saturated heterocycles. The third-order valence-electron chi connectivity index (χ3n) is 4.47. The number of amides is 1. The van der Waals surface area contributed by atoms with Crippen molar-refractivity contribution < 1.29 is 4.79 Å². The normalized spacial score (nSPS) is 12.1. The van der Waals surface area contributed by atoms with Gasteiger partial charge in [0.25, 0.3) is 5.56 Å². The van der Waals surface area contributed by atoms with Crippen molar-refractivity contribution in [1.29, 1.82) is 0 Å². The molecule has 1 aromatic heterocycles. The minimum Gasteiger partial charge on any atom is -0.353 e. The number of aromatic nitrogens is 2. The van der Waals surface area contributed by atoms with Gasteiger partial charge in [0.15, 0.2) is 5.16 Å². The van der Waals surface area contributed by atoms with Crippen LogP contribution in [0.4, 0.5) is 0 Å². The molecule has 0 spiro atoms. The summed E-state index contributed by atoms with van der Waals surface area (Å²) in [5, 5.41) is 4.57. The van der Waals surface area contributed by atoms with E-state index in [9.17, 15) is 9.59 Å². The maximum absolute atomic E-state index is 13.1. The molecular weight excluding hydrogens is 394 g/mol. The average molecular weight is 416 g/mol. The van der Waals surface area contributed by atoms with Crippen LogP contribution in [0.2, 0.25) is 5.02 Å². The summed E-state index contributed by atoms with van der Waals surface area (Å²) >= 11 is 7.55. The van der Waals surface area contributed by atoms with E-state index in [1.54, 1.807) is 22.8 Å². The zero-order chi connectivity index (χ0) is 20.1. The minimum absolute atomic E-state index is 0.0777. The van der Waals surface area contributed by atoms with E-state index < -0.39 is 0 Å². The van der Waals surface area contributed by atoms with Gasteiger partial charge in [0.05, 0.1) is 23.2 Å². The second-order valence-electron chi connectivity index (χ2n) is 6.56. The van der Waals surface area contributed by atoms with Crippen molar-refractivity contribution in [2.24, 2.45) is 0 Å². The molecular formula is C21H22ClN3O2S. The highest BCUT2D eigenvalue weighted by Crippen LogP contribution is 2.21. The molecule has 0 aliphatic rings. The van der Waals surface area contributed by atoms with E-state index >= 15 is 0 Å². The number of hydrogen-bond donors (Lipinski definition) is 1. The molecule has 0 aliphatic carbocycles. The zero-order valence-electron chi connectivity index (χ0n) is 15.8. The molecule has 1 unspecified atom stereocenters. The zero-order valence-corrected chi connectivity index (χ0v) is 17.4. The molecule has 1 N–H and O–H groups in total. The van der Waals surface area contributed by atoms with Crippen LogP contribution in [-0.2, 0) is 11.3 Å². The van der Waals surface area contributed by atoms with Crippen molar-refractivity contribution in [1.82, 2.24) is 14.9 Å². The lowest BCUT2D eigenvalue weighted by Gasteiger charge is -2.15. The first kappa shape index (κ1) is 20.4. The molecule has 0 bridgehead atoms. The fourth-order valence-corrected chi connectivity index (χ4v) is 3.75. The second-order valence-corrected chi connectivity index (χ2v) is 7.91. The molecule has 3 aromatic rings. The number of thioether (sulfide) groups is 1. The van der Waals surface area contributed by atoms with E-state index in [2.05, 4.69) is 10.3 Å². The first-order valence-electron chi connectivity index (χ1n) is 9.14. The summed E-state index contributed by atoms with van der Waals surface area (Å²) < 4.78 is 1.59. The Labute approximate surface area is 173 Å². The van der Waals surface area contributed by atoms with Crippen LogP contribution in [0.15, 0.2) is 58.5 Å². The van der Waals surface area contributed by atoms with Gasteiger partial charge >= 0.3 is 0 Å². The number of benzene rings is 2. The molecule has 0 saturated carbocycles. The van der Waals surface area contributed by atoms with Gasteiger partial charge in [-0.05, 0) is 37.1 Å². The van der Waals surface area contributed by atoms with Crippen LogP contribution in [0.5, 0.6) is 0 Å². The van der Waals surface area contributed by atoms with Crippen molar-refractivity contribution in [3.8, 4) is 0 Å². The number of hydrogen-bond acceptors (Lipinski definition) is 4. The van der Waals surface area contributed by atoms with Gasteiger partial charge in [0, 0.05) is 11.1 Å². The van der Waals surface area contributed by atoms with Crippen LogP contribution < -0.4 is 10.9 Å². The average Bonchev–Trinajstić information content (AvgIpc) is 2.70. The van der Waals surface area contributed by atoms with Crippen molar-refractivity contribution in [2.45, 2.75) is 38.0 Å². The van der Waals surface area contributed by atoms with Gasteiger partial charge in [-0.25, -0.2) is 4.98 Å². The van der Waals surface area contributed by atoms with Gasteiger partial charge in [-0.1, -0.05) is 60.6 Å². The van der Waals surface area contributed by atoms with Crippen LogP contribution in [0.3, 0.4) is 0 Å². The second kappa shape index (κ2) is 9.26. The molecule has 1 heterocycles. The highest BCUT2D eigenvalue weighted by molar-refractivity contribution is 7.99. The highest BCUT2D eigenvalue weighted by atomic mass is 35.5. The lowest BCUT2D eigenvalue weighted by Crippen LogP contribution is -2.33. The molecule has 0 fully saturated rings. The van der Waals surface area contributed by atoms with Crippen LogP contribution in [0.1, 0.15) is 25.8 Å². The number of carbonyl (C=O) groups excluding carboxylic acids is 1. The van der Waals surface area contributed by atoms with Crippen LogP contribution in [0, 0.1) is 0 Å². The first-order valence-corrected chi connectivity index (χ1v) is 10.5. The third-order valence-corrected chi connectivity index (χ3v) is 5.81. The molecule has 1 atom stereocenters. The monoisotopic (exact) mass is 415 g/mol. The predicted molar refractivity (Wildman–Crippen MR) is 115 cm³/mol. The van der Waals surface area contributed by atoms with Gasteiger partial charge in [-0.15, -0.1) is 0 Å². The molecule has 2 aromatic carbocycles. The first-order chi connectivity index (χ1) is 13.5. The number of para-hydroxylation sites is 1. The molecule has 0 aliphatic heterocycles. The smallest absolute Gasteiger partial charge is 0.262 e. The molecule has 1 amide bonds. The standard InChI is InChI=1S/C21H22ClN3O2S/c1-3-14(2)23-19(26)13-28-21-24-18-11-7-5-9-16(18)20(27)25(21)12-15-8-4-6-10-17(15)22/h4-11,14H,3,12-13H2,1-2H3,(H,23,26). The molecule has 28 heavy (non-hydrogen) atoms. The summed E-state index contributed by atoms with van der Waals surface area (Å²) in [5.41, 5.74) is 1.30. The topological polar surface area (TPSA) is 64.0 Å². The van der Waals surface area contributed by atoms with E-state index in [1.165, 1.54) is 11.8 Å². The van der Waals surface area contributed by atoms with Crippen molar-refractivity contribution >= 4 is 40.2 Å². The fourth-order valence-electron chi connectivity index (χ4n) is 2.74. The number of fused-ring (bicyclic) bond motifs is 1. The summed E-state index contributed by atoms with van der Waals surface area (Å²) in [6, 6.07) is 14.8. The largest absolute Gasteiger partial charge is 0.353 e. The van der Waals surface area contributed by atoms with Crippen molar-refractivity contribution in [2.75, 3.05) is 5.75 Å². The Balaban J connectivity index is 1.96. The van der Waals surface area contributed by atoms with Crippen LogP contribution in [-0.4, -0.2) is 27.3 Å². The molecule has 146 valence electrons. The summed E-state index contributed by atoms with van der Waals surface area (Å²) in [6.45, 7) is 4.28. The molecule has 0 radical (unpaired) electrons. The number of carbonyl (C=O) groups is 1. The molecule has 5 nitrogen and oxygen atoms in total. The van der Waals surface area contributed by atoms with E-state index in [4.69, 9.17) is 11.6 Å². The quantitative estimate of drug-likeness (QED) is 0.466. The number of rotatable bonds is 7. The number of nitrogens with zero attached hydrogens (tertiary/aromatic N) is 2. The summed E-state index contributed by atoms with van der Waals surface area (Å²) in [5.74, 6) is 0.114. The van der Waals surface area contributed by atoms with Gasteiger partial charge in [0.2, 0.25) is 5.91 Å². The maximum Gasteiger partial charge on any atom is 0.262 e. The van der Waals surface area contributed by atoms with Gasteiger partial charge in [-0.3, -0.25) is 14.2 Å². The maximum atomic E-state index is 13.1. The summed E-state index contributed by atoms with van der Waals surface area (Å²) in [6.07, 6.45) is 0.863. The molecule has 7 heteroatoms. The van der Waals surface area contributed by atoms with Gasteiger partial charge in [-0.2, -0.15) is 0 Å². The number of nitrogens with one attached hydrogen (secondary N) is 1. The Bertz CT molecular complexity index is 1050. The number of halogens is 1. The van der Waals surface area contributed by atoms with E-state index in [1.807, 2.05) is 44.2 Å². The van der Waals surface area contributed by atoms with Gasteiger partial charge in [0.1, 0.15) is 0 Å². The predicted octanol–water partition coefficient (Wildman–Crippen LogP) is 4.11. The van der Waals surface area contributed by atoms with E-state index in [-0.39, 0.29) is 23.3 Å². The summed E-state index contributed by atoms with van der Waals surface area (Å²) in [7, 11) is 0. The SMILES string of the molecule is CCC(C)NC(=O)CSc1nc2ccccc2c(=O)n1Cc1ccccc1Cl. The Morgan fingerprint density at radius 1 is 1.21 bits per heavy atom. The highest BCUT2D eigenvalue weighted by Gasteiger charge is 2.15. The lowest BCUT2D eigenvalue weighted by molar-refractivity contribution is -0.119. The fraction of sp³-hybridized carbons (Fsp3) is 0.286. The van der Waals surface area contributed by atoms with Crippen molar-refractivity contribution in [3.63, 3.8) is 0 Å². The van der Waals surface area contributed by atoms with Crippen LogP contribution >= 0.6 is 23.4 Å².